The number of halogens is 4. The maximum Gasteiger partial charge on any atom is 0.416 e. The van der Waals surface area contributed by atoms with Crippen molar-refractivity contribution >= 4 is 17.2 Å². The van der Waals surface area contributed by atoms with Gasteiger partial charge in [0.15, 0.2) is 0 Å². The van der Waals surface area contributed by atoms with Gasteiger partial charge in [0.25, 0.3) is 0 Å². The van der Waals surface area contributed by atoms with Crippen LogP contribution in [0.15, 0.2) is 42.5 Å². The number of alkyl halides is 3. The van der Waals surface area contributed by atoms with Crippen LogP contribution in [-0.2, 0) is 35.3 Å². The van der Waals surface area contributed by atoms with Gasteiger partial charge in [0.05, 0.1) is 18.2 Å². The first kappa shape index (κ1) is 21.0. The first-order valence-corrected chi connectivity index (χ1v) is 8.57. The van der Waals surface area contributed by atoms with Gasteiger partial charge in [-0.15, -0.1) is 0 Å². The highest BCUT2D eigenvalue weighted by Crippen LogP contribution is 2.32. The number of carbonyl (C=O) groups is 1. The number of ether oxygens (including phenoxy) is 1. The molecule has 5 nitrogen and oxygen atoms in total. The Hall–Kier alpha value is -2.30. The van der Waals surface area contributed by atoms with Gasteiger partial charge in [-0.2, -0.15) is 17.5 Å². The largest absolute Gasteiger partial charge is 0.465 e. The van der Waals surface area contributed by atoms with Gasteiger partial charge in [-0.25, -0.2) is 13.4 Å². The SMILES string of the molecule is COC(=O)c1ccc(CN(Cc2ccccc2C(F)(F)F)S(=O)O)c(F)c1. The number of hydrogen-bond donors (Lipinski definition) is 1. The fourth-order valence-corrected chi connectivity index (χ4v) is 2.90. The molecule has 0 fully saturated rings. The molecule has 10 heteroatoms. The van der Waals surface area contributed by atoms with Crippen molar-refractivity contribution in [1.29, 1.82) is 0 Å². The van der Waals surface area contributed by atoms with Crippen molar-refractivity contribution < 1.29 is 35.9 Å². The highest BCUT2D eigenvalue weighted by Gasteiger charge is 2.33. The third-order valence-electron chi connectivity index (χ3n) is 3.71. The maximum atomic E-state index is 14.2. The summed E-state index contributed by atoms with van der Waals surface area (Å²) in [6.07, 6.45) is -4.63. The molecule has 146 valence electrons. The van der Waals surface area contributed by atoms with Gasteiger partial charge in [0, 0.05) is 18.7 Å². The Morgan fingerprint density at radius 3 is 2.33 bits per heavy atom. The zero-order valence-corrected chi connectivity index (χ0v) is 14.8. The summed E-state index contributed by atoms with van der Waals surface area (Å²) in [6, 6.07) is 7.97. The van der Waals surface area contributed by atoms with Crippen molar-refractivity contribution in [3.63, 3.8) is 0 Å². The molecule has 0 bridgehead atoms. The van der Waals surface area contributed by atoms with Crippen LogP contribution in [0.25, 0.3) is 0 Å². The highest BCUT2D eigenvalue weighted by molar-refractivity contribution is 7.76. The molecular weight excluding hydrogens is 390 g/mol. The van der Waals surface area contributed by atoms with Crippen LogP contribution in [0.4, 0.5) is 17.6 Å². The standard InChI is InChI=1S/C17H15F4NO4S/c1-26-16(23)11-6-7-13(15(18)8-11)10-22(27(24)25)9-12-4-2-3-5-14(12)17(19,20)21/h2-8H,9-10H2,1H3,(H,24,25). The molecule has 2 rings (SSSR count). The molecular formula is C17H15F4NO4S. The molecule has 1 N–H and O–H groups in total. The second-order valence-electron chi connectivity index (χ2n) is 5.48. The molecule has 0 aromatic heterocycles. The summed E-state index contributed by atoms with van der Waals surface area (Å²) >= 11 is -2.66. The van der Waals surface area contributed by atoms with Crippen molar-refractivity contribution in [3.8, 4) is 0 Å². The van der Waals surface area contributed by atoms with Gasteiger partial charge in [0.2, 0.25) is 11.3 Å². The topological polar surface area (TPSA) is 66.8 Å². The third-order valence-corrected chi connectivity index (χ3v) is 4.41. The van der Waals surface area contributed by atoms with Crippen molar-refractivity contribution in [3.05, 3.63) is 70.5 Å². The summed E-state index contributed by atoms with van der Waals surface area (Å²) in [7, 11) is 1.13. The molecule has 0 saturated carbocycles. The average molecular weight is 405 g/mol. The van der Waals surface area contributed by atoms with Gasteiger partial charge in [0.1, 0.15) is 5.82 Å². The van der Waals surface area contributed by atoms with E-state index in [1.807, 2.05) is 0 Å². The summed E-state index contributed by atoms with van der Waals surface area (Å²) in [6.45, 7) is -0.973. The highest BCUT2D eigenvalue weighted by atomic mass is 32.2. The minimum Gasteiger partial charge on any atom is -0.465 e. The number of carbonyl (C=O) groups excluding carboxylic acids is 1. The predicted octanol–water partition coefficient (Wildman–Crippen LogP) is 3.77. The van der Waals surface area contributed by atoms with E-state index in [0.717, 1.165) is 23.5 Å². The summed E-state index contributed by atoms with van der Waals surface area (Å²) in [5.41, 5.74) is -1.28. The first-order valence-electron chi connectivity index (χ1n) is 7.51. The summed E-state index contributed by atoms with van der Waals surface area (Å²) in [4.78, 5) is 11.4. The molecule has 0 aliphatic rings. The monoisotopic (exact) mass is 405 g/mol. The number of methoxy groups -OCH3 is 1. The van der Waals surface area contributed by atoms with E-state index in [1.54, 1.807) is 0 Å². The van der Waals surface area contributed by atoms with Crippen LogP contribution in [-0.4, -0.2) is 26.1 Å². The molecule has 2 aromatic rings. The predicted molar refractivity (Wildman–Crippen MR) is 89.2 cm³/mol. The van der Waals surface area contributed by atoms with Crippen LogP contribution in [0.3, 0.4) is 0 Å². The van der Waals surface area contributed by atoms with E-state index in [1.165, 1.54) is 30.3 Å². The molecule has 0 radical (unpaired) electrons. The molecule has 0 heterocycles. The van der Waals surface area contributed by atoms with Crippen molar-refractivity contribution in [2.75, 3.05) is 7.11 Å². The lowest BCUT2D eigenvalue weighted by Gasteiger charge is -2.21. The van der Waals surface area contributed by atoms with Crippen molar-refractivity contribution in [2.24, 2.45) is 0 Å². The van der Waals surface area contributed by atoms with E-state index in [9.17, 15) is 31.1 Å². The Morgan fingerprint density at radius 2 is 1.78 bits per heavy atom. The van der Waals surface area contributed by atoms with Crippen LogP contribution in [0.5, 0.6) is 0 Å². The Labute approximate surface area is 155 Å². The zero-order valence-electron chi connectivity index (χ0n) is 14.0. The van der Waals surface area contributed by atoms with Crippen LogP contribution in [0.2, 0.25) is 0 Å². The van der Waals surface area contributed by atoms with E-state index in [4.69, 9.17) is 0 Å². The number of benzene rings is 2. The van der Waals surface area contributed by atoms with Crippen molar-refractivity contribution in [2.45, 2.75) is 19.3 Å². The van der Waals surface area contributed by atoms with Gasteiger partial charge in [-0.05, 0) is 23.8 Å². The molecule has 27 heavy (non-hydrogen) atoms. The first-order chi connectivity index (χ1) is 12.6. The van der Waals surface area contributed by atoms with Crippen molar-refractivity contribution in [1.82, 2.24) is 4.31 Å². The lowest BCUT2D eigenvalue weighted by atomic mass is 10.1. The number of rotatable bonds is 6. The fraction of sp³-hybridized carbons (Fsp3) is 0.235. The molecule has 2 aromatic carbocycles. The lowest BCUT2D eigenvalue weighted by Crippen LogP contribution is -2.26. The van der Waals surface area contributed by atoms with E-state index >= 15 is 0 Å². The molecule has 0 spiro atoms. The Bertz CT molecular complexity index is 857. The molecule has 0 aliphatic carbocycles. The fourth-order valence-electron chi connectivity index (χ4n) is 2.40. The van der Waals surface area contributed by atoms with E-state index < -0.39 is 47.9 Å². The summed E-state index contributed by atoms with van der Waals surface area (Å²) in [5, 5.41) is 0. The summed E-state index contributed by atoms with van der Waals surface area (Å²) in [5.74, 6) is -1.61. The normalized spacial score (nSPS) is 12.9. The number of hydrogen-bond acceptors (Lipinski definition) is 3. The van der Waals surface area contributed by atoms with Crippen LogP contribution in [0, 0.1) is 5.82 Å². The lowest BCUT2D eigenvalue weighted by molar-refractivity contribution is -0.138. The molecule has 1 atom stereocenters. The molecule has 0 saturated heterocycles. The third kappa shape index (κ3) is 5.34. The average Bonchev–Trinajstić information content (AvgIpc) is 2.61. The van der Waals surface area contributed by atoms with Gasteiger partial charge in [-0.1, -0.05) is 24.3 Å². The van der Waals surface area contributed by atoms with Gasteiger partial charge >= 0.3 is 12.1 Å². The van der Waals surface area contributed by atoms with E-state index in [-0.39, 0.29) is 16.7 Å². The Balaban J connectivity index is 2.28. The Morgan fingerprint density at radius 1 is 1.15 bits per heavy atom. The molecule has 0 amide bonds. The van der Waals surface area contributed by atoms with E-state index in [0.29, 0.717) is 0 Å². The van der Waals surface area contributed by atoms with Gasteiger partial charge in [-0.3, -0.25) is 4.55 Å². The van der Waals surface area contributed by atoms with Crippen LogP contribution < -0.4 is 0 Å². The quantitative estimate of drug-likeness (QED) is 0.451. The number of esters is 1. The van der Waals surface area contributed by atoms with Crippen LogP contribution in [0.1, 0.15) is 27.0 Å². The van der Waals surface area contributed by atoms with E-state index in [2.05, 4.69) is 4.74 Å². The smallest absolute Gasteiger partial charge is 0.416 e. The zero-order chi connectivity index (χ0) is 20.2. The maximum absolute atomic E-state index is 14.2. The number of nitrogens with zero attached hydrogens (tertiary/aromatic N) is 1. The second-order valence-corrected chi connectivity index (χ2v) is 6.46. The molecule has 1 unspecified atom stereocenters. The minimum atomic E-state index is -4.63. The molecule has 0 aliphatic heterocycles. The summed E-state index contributed by atoms with van der Waals surface area (Å²) < 4.78 is 79.6. The van der Waals surface area contributed by atoms with Crippen LogP contribution >= 0.6 is 0 Å². The minimum absolute atomic E-state index is 0.0576. The Kier molecular flexibility index (Phi) is 6.68. The van der Waals surface area contributed by atoms with Gasteiger partial charge < -0.3 is 4.74 Å². The second kappa shape index (κ2) is 8.59.